The van der Waals surface area contributed by atoms with Crippen molar-refractivity contribution < 1.29 is 18.3 Å². The minimum absolute atomic E-state index is 0.0222. The molecule has 0 bridgehead atoms. The topological polar surface area (TPSA) is 96.1 Å². The summed E-state index contributed by atoms with van der Waals surface area (Å²) < 4.78 is 31.4. The quantitative estimate of drug-likeness (QED) is 0.394. The average Bonchev–Trinajstić information content (AvgIpc) is 3.19. The first-order valence-corrected chi connectivity index (χ1v) is 14.4. The summed E-state index contributed by atoms with van der Waals surface area (Å²) in [6.07, 6.45) is 2.46. The van der Waals surface area contributed by atoms with Gasteiger partial charge in [-0.15, -0.1) is 0 Å². The fourth-order valence-electron chi connectivity index (χ4n) is 5.72. The van der Waals surface area contributed by atoms with Crippen molar-refractivity contribution >= 4 is 15.7 Å². The number of hydrogen-bond acceptors (Lipinski definition) is 6. The highest BCUT2D eigenvalue weighted by molar-refractivity contribution is 7.92. The van der Waals surface area contributed by atoms with Crippen LogP contribution in [0, 0.1) is 11.8 Å². The summed E-state index contributed by atoms with van der Waals surface area (Å²) in [4.78, 5) is 0. The van der Waals surface area contributed by atoms with Crippen LogP contribution in [0.3, 0.4) is 0 Å². The Labute approximate surface area is 220 Å². The van der Waals surface area contributed by atoms with Crippen molar-refractivity contribution in [2.45, 2.75) is 24.8 Å². The standard InChI is InChI=1S/C29H37N3O4S/c1-31(37(3,34)35)25-14-15-27(36-2)24(18-25)19-26-23(16-17-33)20-32(30)29(26)28(21-10-6-4-7-11-21)22-12-8-5-9-13-22/h4-15,18,23,26,28-29,33H,16-17,19-20,30H2,1-3H3/t23-,26+,29+/m1/s1. The van der Waals surface area contributed by atoms with E-state index < -0.39 is 10.0 Å². The molecule has 0 aromatic heterocycles. The van der Waals surface area contributed by atoms with Crippen molar-refractivity contribution in [2.24, 2.45) is 17.7 Å². The summed E-state index contributed by atoms with van der Waals surface area (Å²) in [5, 5.41) is 11.8. The third kappa shape index (κ3) is 5.99. The molecule has 7 nitrogen and oxygen atoms in total. The summed E-state index contributed by atoms with van der Waals surface area (Å²) >= 11 is 0. The predicted octanol–water partition coefficient (Wildman–Crippen LogP) is 3.64. The van der Waals surface area contributed by atoms with Crippen LogP contribution in [0.4, 0.5) is 5.69 Å². The number of aliphatic hydroxyl groups excluding tert-OH is 1. The minimum Gasteiger partial charge on any atom is -0.496 e. The van der Waals surface area contributed by atoms with Crippen LogP contribution < -0.4 is 14.9 Å². The molecule has 0 aliphatic carbocycles. The minimum atomic E-state index is -3.41. The maximum absolute atomic E-state index is 12.2. The lowest BCUT2D eigenvalue weighted by Gasteiger charge is -2.35. The van der Waals surface area contributed by atoms with Gasteiger partial charge in [-0.25, -0.2) is 13.4 Å². The summed E-state index contributed by atoms with van der Waals surface area (Å²) in [6.45, 7) is 0.744. The normalized spacial score (nSPS) is 20.3. The molecule has 0 unspecified atom stereocenters. The van der Waals surface area contributed by atoms with E-state index in [-0.39, 0.29) is 30.4 Å². The lowest BCUT2D eigenvalue weighted by molar-refractivity contribution is 0.206. The number of nitrogens with zero attached hydrogens (tertiary/aromatic N) is 2. The number of ether oxygens (including phenoxy) is 1. The largest absolute Gasteiger partial charge is 0.496 e. The number of anilines is 1. The number of nitrogens with two attached hydrogens (primary N) is 1. The van der Waals surface area contributed by atoms with Gasteiger partial charge in [0.05, 0.1) is 19.1 Å². The molecule has 1 saturated heterocycles. The molecule has 3 aromatic rings. The van der Waals surface area contributed by atoms with E-state index in [4.69, 9.17) is 10.6 Å². The van der Waals surface area contributed by atoms with E-state index in [0.717, 1.165) is 5.56 Å². The average molecular weight is 524 g/mol. The number of benzene rings is 3. The Morgan fingerprint density at radius 3 is 2.16 bits per heavy atom. The zero-order chi connectivity index (χ0) is 26.6. The molecule has 0 radical (unpaired) electrons. The van der Waals surface area contributed by atoms with E-state index >= 15 is 0 Å². The summed E-state index contributed by atoms with van der Waals surface area (Å²) in [6, 6.07) is 26.2. The molecule has 3 aromatic carbocycles. The maximum atomic E-state index is 12.2. The smallest absolute Gasteiger partial charge is 0.231 e. The van der Waals surface area contributed by atoms with Crippen molar-refractivity contribution in [3.63, 3.8) is 0 Å². The van der Waals surface area contributed by atoms with Crippen LogP contribution in [0.5, 0.6) is 5.75 Å². The molecule has 3 N–H and O–H groups in total. The Hall–Kier alpha value is -2.91. The van der Waals surface area contributed by atoms with Crippen LogP contribution in [0.1, 0.15) is 29.0 Å². The van der Waals surface area contributed by atoms with Crippen molar-refractivity contribution in [2.75, 3.05) is 37.9 Å². The highest BCUT2D eigenvalue weighted by Gasteiger charge is 2.45. The highest BCUT2D eigenvalue weighted by atomic mass is 32.2. The monoisotopic (exact) mass is 523 g/mol. The number of sulfonamides is 1. The Morgan fingerprint density at radius 2 is 1.65 bits per heavy atom. The molecule has 37 heavy (non-hydrogen) atoms. The van der Waals surface area contributed by atoms with E-state index in [1.165, 1.54) is 21.7 Å². The van der Waals surface area contributed by atoms with Crippen LogP contribution in [-0.2, 0) is 16.4 Å². The first-order valence-electron chi connectivity index (χ1n) is 12.6. The second-order valence-corrected chi connectivity index (χ2v) is 11.9. The number of rotatable bonds is 10. The molecular weight excluding hydrogens is 486 g/mol. The zero-order valence-corrected chi connectivity index (χ0v) is 22.5. The number of aliphatic hydroxyl groups is 1. The molecule has 1 aliphatic heterocycles. The van der Waals surface area contributed by atoms with Gasteiger partial charge in [0.25, 0.3) is 0 Å². The summed E-state index contributed by atoms with van der Waals surface area (Å²) in [5.74, 6) is 7.74. The molecule has 0 saturated carbocycles. The van der Waals surface area contributed by atoms with Gasteiger partial charge in [-0.3, -0.25) is 10.1 Å². The van der Waals surface area contributed by atoms with E-state index in [1.54, 1.807) is 20.2 Å². The number of hydrogen-bond donors (Lipinski definition) is 2. The Kier molecular flexibility index (Phi) is 8.54. The van der Waals surface area contributed by atoms with Gasteiger partial charge < -0.3 is 9.84 Å². The van der Waals surface area contributed by atoms with E-state index in [0.29, 0.717) is 30.8 Å². The van der Waals surface area contributed by atoms with E-state index in [2.05, 4.69) is 48.5 Å². The molecule has 3 atom stereocenters. The van der Waals surface area contributed by atoms with Gasteiger partial charge in [-0.2, -0.15) is 0 Å². The van der Waals surface area contributed by atoms with Crippen LogP contribution in [-0.4, -0.2) is 58.1 Å². The fraction of sp³-hybridized carbons (Fsp3) is 0.379. The van der Waals surface area contributed by atoms with Gasteiger partial charge in [-0.1, -0.05) is 60.7 Å². The third-order valence-electron chi connectivity index (χ3n) is 7.61. The molecule has 4 rings (SSSR count). The fourth-order valence-corrected chi connectivity index (χ4v) is 6.22. The summed E-state index contributed by atoms with van der Waals surface area (Å²) in [7, 11) is -0.234. The van der Waals surface area contributed by atoms with Crippen molar-refractivity contribution in [3.8, 4) is 5.75 Å². The maximum Gasteiger partial charge on any atom is 0.231 e. The Bertz CT molecular complexity index is 1230. The lowest BCUT2D eigenvalue weighted by Crippen LogP contribution is -2.43. The van der Waals surface area contributed by atoms with Crippen LogP contribution in [0.15, 0.2) is 78.9 Å². The zero-order valence-electron chi connectivity index (χ0n) is 21.7. The van der Waals surface area contributed by atoms with Crippen molar-refractivity contribution in [3.05, 3.63) is 95.6 Å². The van der Waals surface area contributed by atoms with Gasteiger partial charge in [0.2, 0.25) is 10.0 Å². The van der Waals surface area contributed by atoms with Gasteiger partial charge in [0.15, 0.2) is 0 Å². The van der Waals surface area contributed by atoms with Crippen molar-refractivity contribution in [1.82, 2.24) is 5.01 Å². The van der Waals surface area contributed by atoms with Gasteiger partial charge in [0, 0.05) is 32.2 Å². The van der Waals surface area contributed by atoms with Crippen molar-refractivity contribution in [1.29, 1.82) is 0 Å². The SMILES string of the molecule is COc1ccc(N(C)S(C)(=O)=O)cc1C[C@H]1[C@H](CCO)CN(N)[C@@H]1C(c1ccccc1)c1ccccc1. The Balaban J connectivity index is 1.80. The molecule has 1 aliphatic rings. The lowest BCUT2D eigenvalue weighted by atomic mass is 9.74. The number of methoxy groups -OCH3 is 1. The molecule has 198 valence electrons. The highest BCUT2D eigenvalue weighted by Crippen LogP contribution is 2.44. The second-order valence-electron chi connectivity index (χ2n) is 9.85. The molecule has 1 fully saturated rings. The number of hydrazine groups is 1. The first kappa shape index (κ1) is 27.1. The van der Waals surface area contributed by atoms with Crippen LogP contribution in [0.2, 0.25) is 0 Å². The van der Waals surface area contributed by atoms with Gasteiger partial charge in [-0.05, 0) is 59.6 Å². The molecule has 1 heterocycles. The molecule has 0 spiro atoms. The van der Waals surface area contributed by atoms with Crippen LogP contribution >= 0.6 is 0 Å². The molecule has 0 amide bonds. The van der Waals surface area contributed by atoms with Crippen LogP contribution in [0.25, 0.3) is 0 Å². The van der Waals surface area contributed by atoms with Gasteiger partial charge in [0.1, 0.15) is 5.75 Å². The van der Waals surface area contributed by atoms with E-state index in [1.807, 2.05) is 29.3 Å². The summed E-state index contributed by atoms with van der Waals surface area (Å²) in [5.41, 5.74) is 3.87. The first-order chi connectivity index (χ1) is 17.7. The Morgan fingerprint density at radius 1 is 1.05 bits per heavy atom. The van der Waals surface area contributed by atoms with Gasteiger partial charge >= 0.3 is 0 Å². The van der Waals surface area contributed by atoms with E-state index in [9.17, 15) is 13.5 Å². The molecule has 8 heteroatoms. The predicted molar refractivity (Wildman–Crippen MR) is 148 cm³/mol. The third-order valence-corrected chi connectivity index (χ3v) is 8.82. The molecular formula is C29H37N3O4S. The second kappa shape index (κ2) is 11.6.